The molecule has 0 saturated heterocycles. The van der Waals surface area contributed by atoms with Crippen LogP contribution in [0.3, 0.4) is 0 Å². The monoisotopic (exact) mass is 221 g/mol. The molecule has 0 fully saturated rings. The molecule has 2 atom stereocenters. The molecule has 16 heavy (non-hydrogen) atoms. The summed E-state index contributed by atoms with van der Waals surface area (Å²) < 4.78 is 0. The minimum Gasteiger partial charge on any atom is -0.327 e. The van der Waals surface area contributed by atoms with Crippen molar-refractivity contribution in [3.63, 3.8) is 0 Å². The average molecular weight is 221 g/mol. The van der Waals surface area contributed by atoms with E-state index < -0.39 is 0 Å². The summed E-state index contributed by atoms with van der Waals surface area (Å²) in [5.41, 5.74) is 9.44. The molecule has 2 unspecified atom stereocenters. The van der Waals surface area contributed by atoms with Crippen LogP contribution < -0.4 is 5.73 Å². The molecule has 0 heterocycles. The highest BCUT2D eigenvalue weighted by molar-refractivity contribution is 5.24. The van der Waals surface area contributed by atoms with Gasteiger partial charge in [0.25, 0.3) is 0 Å². The van der Waals surface area contributed by atoms with E-state index in [0.717, 1.165) is 6.42 Å². The van der Waals surface area contributed by atoms with Gasteiger partial charge in [0.1, 0.15) is 0 Å². The van der Waals surface area contributed by atoms with Crippen LogP contribution in [0.1, 0.15) is 59.3 Å². The number of hydrogen-bond acceptors (Lipinski definition) is 1. The molecule has 1 nitrogen and oxygen atoms in total. The minimum atomic E-state index is 0.246. The van der Waals surface area contributed by atoms with Crippen molar-refractivity contribution in [3.05, 3.63) is 23.3 Å². The van der Waals surface area contributed by atoms with Crippen LogP contribution in [0, 0.1) is 5.92 Å². The van der Waals surface area contributed by atoms with Gasteiger partial charge < -0.3 is 5.73 Å². The fourth-order valence-electron chi connectivity index (χ4n) is 2.75. The lowest BCUT2D eigenvalue weighted by atomic mass is 9.82. The molecule has 0 amide bonds. The maximum atomic E-state index is 6.13. The largest absolute Gasteiger partial charge is 0.327 e. The first-order chi connectivity index (χ1) is 7.70. The Labute approximate surface area is 101 Å². The van der Waals surface area contributed by atoms with Crippen molar-refractivity contribution in [2.24, 2.45) is 11.7 Å². The van der Waals surface area contributed by atoms with Crippen LogP contribution in [0.5, 0.6) is 0 Å². The normalized spacial score (nSPS) is 30.6. The topological polar surface area (TPSA) is 26.0 Å². The van der Waals surface area contributed by atoms with Crippen LogP contribution in [0.4, 0.5) is 0 Å². The summed E-state index contributed by atoms with van der Waals surface area (Å²) in [4.78, 5) is 0. The van der Waals surface area contributed by atoms with Gasteiger partial charge in [0.2, 0.25) is 0 Å². The second kappa shape index (κ2) is 6.90. The van der Waals surface area contributed by atoms with E-state index in [1.165, 1.54) is 32.1 Å². The Balaban J connectivity index is 2.99. The summed E-state index contributed by atoms with van der Waals surface area (Å²) in [5, 5.41) is 0. The molecule has 0 spiro atoms. The molecule has 1 aliphatic carbocycles. The van der Waals surface area contributed by atoms with Crippen LogP contribution in [0.15, 0.2) is 23.3 Å². The molecule has 0 bridgehead atoms. The van der Waals surface area contributed by atoms with E-state index in [2.05, 4.69) is 32.9 Å². The van der Waals surface area contributed by atoms with Gasteiger partial charge in [-0.2, -0.15) is 0 Å². The van der Waals surface area contributed by atoms with Crippen molar-refractivity contribution in [1.29, 1.82) is 0 Å². The van der Waals surface area contributed by atoms with Crippen molar-refractivity contribution < 1.29 is 0 Å². The third-order valence-electron chi connectivity index (χ3n) is 3.55. The van der Waals surface area contributed by atoms with Gasteiger partial charge >= 0.3 is 0 Å². The zero-order chi connectivity index (χ0) is 12.0. The standard InChI is InChI=1S/C15H27N/c1-4-9-13-10-7-6-8-11-15(12(3)16)14(13)5-2/h8,11-12,15H,4-7,9-10,16H2,1-3H3/b11-8+,14-13-. The maximum Gasteiger partial charge on any atom is 0.0128 e. The van der Waals surface area contributed by atoms with Crippen LogP contribution >= 0.6 is 0 Å². The predicted octanol–water partition coefficient (Wildman–Crippen LogP) is 4.20. The van der Waals surface area contributed by atoms with Crippen molar-refractivity contribution in [3.8, 4) is 0 Å². The summed E-state index contributed by atoms with van der Waals surface area (Å²) in [6.07, 6.45) is 12.2. The highest BCUT2D eigenvalue weighted by Crippen LogP contribution is 2.30. The molecule has 0 aromatic carbocycles. The van der Waals surface area contributed by atoms with E-state index in [4.69, 9.17) is 5.73 Å². The molecule has 0 aliphatic heterocycles. The quantitative estimate of drug-likeness (QED) is 0.707. The van der Waals surface area contributed by atoms with E-state index in [-0.39, 0.29) is 6.04 Å². The number of allylic oxidation sites excluding steroid dienone is 2. The SMILES string of the molecule is CCC/C1=C(\CC)C(C(C)N)/C=C/CCC1. The van der Waals surface area contributed by atoms with Crippen LogP contribution in [0.2, 0.25) is 0 Å². The Hall–Kier alpha value is -0.560. The van der Waals surface area contributed by atoms with Crippen molar-refractivity contribution in [1.82, 2.24) is 0 Å². The summed E-state index contributed by atoms with van der Waals surface area (Å²) >= 11 is 0. The average Bonchev–Trinajstić information content (AvgIpc) is 2.22. The van der Waals surface area contributed by atoms with Gasteiger partial charge in [0, 0.05) is 12.0 Å². The Morgan fingerprint density at radius 1 is 1.44 bits per heavy atom. The van der Waals surface area contributed by atoms with E-state index in [1.807, 2.05) is 0 Å². The molecular formula is C15H27N. The zero-order valence-corrected chi connectivity index (χ0v) is 11.1. The van der Waals surface area contributed by atoms with Gasteiger partial charge in [-0.05, 0) is 39.0 Å². The summed E-state index contributed by atoms with van der Waals surface area (Å²) in [7, 11) is 0. The van der Waals surface area contributed by atoms with Crippen molar-refractivity contribution >= 4 is 0 Å². The Morgan fingerprint density at radius 2 is 2.19 bits per heavy atom. The van der Waals surface area contributed by atoms with E-state index in [9.17, 15) is 0 Å². The fraction of sp³-hybridized carbons (Fsp3) is 0.733. The molecule has 0 aromatic rings. The Bertz CT molecular complexity index is 261. The van der Waals surface area contributed by atoms with Gasteiger partial charge in [-0.1, -0.05) is 43.6 Å². The smallest absolute Gasteiger partial charge is 0.0128 e. The second-order valence-electron chi connectivity index (χ2n) is 4.94. The first-order valence-corrected chi connectivity index (χ1v) is 6.83. The number of nitrogens with two attached hydrogens (primary N) is 1. The first-order valence-electron chi connectivity index (χ1n) is 6.83. The summed E-state index contributed by atoms with van der Waals surface area (Å²) in [6.45, 7) is 6.68. The lowest BCUT2D eigenvalue weighted by molar-refractivity contribution is 0.565. The highest BCUT2D eigenvalue weighted by Gasteiger charge is 2.18. The highest BCUT2D eigenvalue weighted by atomic mass is 14.6. The molecule has 2 N–H and O–H groups in total. The lowest BCUT2D eigenvalue weighted by Gasteiger charge is -2.25. The molecule has 92 valence electrons. The van der Waals surface area contributed by atoms with Crippen molar-refractivity contribution in [2.75, 3.05) is 0 Å². The molecule has 1 heteroatoms. The summed E-state index contributed by atoms with van der Waals surface area (Å²) in [6, 6.07) is 0.246. The van der Waals surface area contributed by atoms with Gasteiger partial charge in [0.05, 0.1) is 0 Å². The van der Waals surface area contributed by atoms with E-state index in [0.29, 0.717) is 5.92 Å². The molecule has 0 saturated carbocycles. The number of hydrogen-bond donors (Lipinski definition) is 1. The second-order valence-corrected chi connectivity index (χ2v) is 4.94. The fourth-order valence-corrected chi connectivity index (χ4v) is 2.75. The zero-order valence-electron chi connectivity index (χ0n) is 11.1. The van der Waals surface area contributed by atoms with Gasteiger partial charge in [0.15, 0.2) is 0 Å². The maximum absolute atomic E-state index is 6.13. The molecule has 0 radical (unpaired) electrons. The van der Waals surface area contributed by atoms with Gasteiger partial charge in [-0.15, -0.1) is 0 Å². The molecule has 0 aromatic heterocycles. The van der Waals surface area contributed by atoms with Crippen molar-refractivity contribution in [2.45, 2.75) is 65.3 Å². The minimum absolute atomic E-state index is 0.246. The Morgan fingerprint density at radius 3 is 2.75 bits per heavy atom. The molecule has 1 aliphatic rings. The third kappa shape index (κ3) is 3.48. The summed E-state index contributed by atoms with van der Waals surface area (Å²) in [5.74, 6) is 0.479. The van der Waals surface area contributed by atoms with Gasteiger partial charge in [-0.3, -0.25) is 0 Å². The third-order valence-corrected chi connectivity index (χ3v) is 3.55. The Kier molecular flexibility index (Phi) is 5.83. The number of rotatable bonds is 4. The lowest BCUT2D eigenvalue weighted by Crippen LogP contribution is -2.27. The van der Waals surface area contributed by atoms with E-state index in [1.54, 1.807) is 11.1 Å². The predicted molar refractivity (Wildman–Crippen MR) is 72.4 cm³/mol. The van der Waals surface area contributed by atoms with Crippen LogP contribution in [0.25, 0.3) is 0 Å². The van der Waals surface area contributed by atoms with E-state index >= 15 is 0 Å². The molecular weight excluding hydrogens is 194 g/mol. The van der Waals surface area contributed by atoms with Crippen LogP contribution in [-0.2, 0) is 0 Å². The first kappa shape index (κ1) is 13.5. The van der Waals surface area contributed by atoms with Gasteiger partial charge in [-0.25, -0.2) is 0 Å². The van der Waals surface area contributed by atoms with Crippen LogP contribution in [-0.4, -0.2) is 6.04 Å². The molecule has 1 rings (SSSR count).